The number of hydrogen-bond acceptors (Lipinski definition) is 3. The molecule has 0 aromatic heterocycles. The van der Waals surface area contributed by atoms with Gasteiger partial charge < -0.3 is 15.4 Å². The van der Waals surface area contributed by atoms with E-state index >= 15 is 0 Å². The van der Waals surface area contributed by atoms with Gasteiger partial charge in [-0.1, -0.05) is 17.7 Å². The Morgan fingerprint density at radius 2 is 2.09 bits per heavy atom. The van der Waals surface area contributed by atoms with Crippen LogP contribution in [0.1, 0.15) is 37.7 Å². The first-order valence-electron chi connectivity index (χ1n) is 7.99. The van der Waals surface area contributed by atoms with Crippen LogP contribution in [0, 0.1) is 5.92 Å². The molecule has 1 amide bonds. The van der Waals surface area contributed by atoms with E-state index in [1.807, 2.05) is 18.2 Å². The monoisotopic (exact) mass is 322 g/mol. The average Bonchev–Trinajstić information content (AvgIpc) is 2.84. The lowest BCUT2D eigenvalue weighted by molar-refractivity contribution is -0.122. The summed E-state index contributed by atoms with van der Waals surface area (Å²) in [5, 5.41) is 7.19. The molecule has 0 aliphatic carbocycles. The van der Waals surface area contributed by atoms with E-state index in [4.69, 9.17) is 16.3 Å². The number of halogens is 1. The Bertz CT molecular complexity index is 537. The maximum absolute atomic E-state index is 12.1. The third-order valence-corrected chi connectivity index (χ3v) is 5.05. The van der Waals surface area contributed by atoms with Crippen molar-refractivity contribution in [3.05, 3.63) is 28.8 Å². The minimum Gasteiger partial charge on any atom is -0.495 e. The van der Waals surface area contributed by atoms with Crippen molar-refractivity contribution >= 4 is 17.5 Å². The van der Waals surface area contributed by atoms with Gasteiger partial charge in [0.2, 0.25) is 5.91 Å². The average molecular weight is 323 g/mol. The Balaban J connectivity index is 1.47. The maximum atomic E-state index is 12.1. The molecule has 0 saturated carbocycles. The fourth-order valence-electron chi connectivity index (χ4n) is 3.70. The number of carbonyl (C=O) groups excluding carboxylic acids is 1. The molecular formula is C17H23ClN2O2. The standard InChI is InChI=1S/C17H23ClN2O2/c1-22-16-5-2-11(8-15(16)18)10-19-17(21)9-12-6-13-3-4-14(7-12)20-13/h2,5,8,12-14,20H,3-4,6-7,9-10H2,1H3,(H,19,21). The second-order valence-electron chi connectivity index (χ2n) is 6.43. The van der Waals surface area contributed by atoms with Crippen LogP contribution in [0.4, 0.5) is 0 Å². The molecule has 2 heterocycles. The first-order chi connectivity index (χ1) is 10.6. The zero-order valence-corrected chi connectivity index (χ0v) is 13.7. The van der Waals surface area contributed by atoms with Crippen LogP contribution < -0.4 is 15.4 Å². The predicted octanol–water partition coefficient (Wildman–Crippen LogP) is 2.89. The predicted molar refractivity (Wildman–Crippen MR) is 87.1 cm³/mol. The molecule has 3 rings (SSSR count). The first kappa shape index (κ1) is 15.6. The molecule has 5 heteroatoms. The van der Waals surface area contributed by atoms with Gasteiger partial charge in [0, 0.05) is 25.0 Å². The number of hydrogen-bond donors (Lipinski definition) is 2. The van der Waals surface area contributed by atoms with Crippen LogP contribution in [-0.2, 0) is 11.3 Å². The molecule has 1 aromatic rings. The zero-order chi connectivity index (χ0) is 15.5. The molecule has 120 valence electrons. The molecule has 2 aliphatic heterocycles. The summed E-state index contributed by atoms with van der Waals surface area (Å²) in [6.45, 7) is 0.514. The lowest BCUT2D eigenvalue weighted by atomic mass is 9.89. The van der Waals surface area contributed by atoms with Crippen molar-refractivity contribution in [1.82, 2.24) is 10.6 Å². The highest BCUT2D eigenvalue weighted by molar-refractivity contribution is 6.32. The van der Waals surface area contributed by atoms with Crippen molar-refractivity contribution in [3.63, 3.8) is 0 Å². The van der Waals surface area contributed by atoms with Crippen LogP contribution >= 0.6 is 11.6 Å². The third-order valence-electron chi connectivity index (χ3n) is 4.75. The molecule has 2 unspecified atom stereocenters. The SMILES string of the molecule is COc1ccc(CNC(=O)CC2CC3CCC(C2)N3)cc1Cl. The molecular weight excluding hydrogens is 300 g/mol. The van der Waals surface area contributed by atoms with Crippen molar-refractivity contribution in [2.75, 3.05) is 7.11 Å². The number of rotatable bonds is 5. The highest BCUT2D eigenvalue weighted by Gasteiger charge is 2.34. The van der Waals surface area contributed by atoms with Crippen molar-refractivity contribution in [1.29, 1.82) is 0 Å². The normalized spacial score (nSPS) is 26.7. The number of fused-ring (bicyclic) bond motifs is 2. The van der Waals surface area contributed by atoms with E-state index in [1.54, 1.807) is 7.11 Å². The van der Waals surface area contributed by atoms with Gasteiger partial charge in [-0.25, -0.2) is 0 Å². The number of nitrogens with one attached hydrogen (secondary N) is 2. The quantitative estimate of drug-likeness (QED) is 0.876. The second-order valence-corrected chi connectivity index (χ2v) is 6.83. The smallest absolute Gasteiger partial charge is 0.220 e. The summed E-state index contributed by atoms with van der Waals surface area (Å²) >= 11 is 6.09. The largest absolute Gasteiger partial charge is 0.495 e. The van der Waals surface area contributed by atoms with Crippen LogP contribution in [0.3, 0.4) is 0 Å². The number of amides is 1. The van der Waals surface area contributed by atoms with Crippen molar-refractivity contribution in [3.8, 4) is 5.75 Å². The van der Waals surface area contributed by atoms with Crippen LogP contribution in [0.5, 0.6) is 5.75 Å². The van der Waals surface area contributed by atoms with Gasteiger partial charge in [-0.15, -0.1) is 0 Å². The molecule has 2 atom stereocenters. The van der Waals surface area contributed by atoms with Crippen LogP contribution in [-0.4, -0.2) is 25.1 Å². The summed E-state index contributed by atoms with van der Waals surface area (Å²) in [4.78, 5) is 12.1. The van der Waals surface area contributed by atoms with E-state index in [0.29, 0.717) is 41.7 Å². The fraction of sp³-hybridized carbons (Fsp3) is 0.588. The number of carbonyl (C=O) groups is 1. The first-order valence-corrected chi connectivity index (χ1v) is 8.37. The van der Waals surface area contributed by atoms with Gasteiger partial charge in [-0.05, 0) is 49.3 Å². The number of benzene rings is 1. The molecule has 4 nitrogen and oxygen atoms in total. The summed E-state index contributed by atoms with van der Waals surface area (Å²) < 4.78 is 5.13. The summed E-state index contributed by atoms with van der Waals surface area (Å²) in [6.07, 6.45) is 5.45. The van der Waals surface area contributed by atoms with Crippen molar-refractivity contribution < 1.29 is 9.53 Å². The van der Waals surface area contributed by atoms with E-state index in [2.05, 4.69) is 10.6 Å². The van der Waals surface area contributed by atoms with Gasteiger partial charge in [0.1, 0.15) is 5.75 Å². The van der Waals surface area contributed by atoms with E-state index in [1.165, 1.54) is 12.8 Å². The molecule has 0 radical (unpaired) electrons. The highest BCUT2D eigenvalue weighted by atomic mass is 35.5. The lowest BCUT2D eigenvalue weighted by Crippen LogP contribution is -2.39. The summed E-state index contributed by atoms with van der Waals surface area (Å²) in [7, 11) is 1.59. The molecule has 1 aromatic carbocycles. The second kappa shape index (κ2) is 6.88. The van der Waals surface area contributed by atoms with E-state index < -0.39 is 0 Å². The Morgan fingerprint density at radius 1 is 1.36 bits per heavy atom. The molecule has 2 N–H and O–H groups in total. The molecule has 2 bridgehead atoms. The molecule has 2 saturated heterocycles. The van der Waals surface area contributed by atoms with Crippen LogP contribution in [0.2, 0.25) is 5.02 Å². The third kappa shape index (κ3) is 3.73. The van der Waals surface area contributed by atoms with Crippen molar-refractivity contribution in [2.24, 2.45) is 5.92 Å². The van der Waals surface area contributed by atoms with E-state index in [9.17, 15) is 4.79 Å². The molecule has 2 fully saturated rings. The van der Waals surface area contributed by atoms with E-state index in [0.717, 1.165) is 18.4 Å². The minimum absolute atomic E-state index is 0.137. The Labute approximate surface area is 136 Å². The molecule has 0 spiro atoms. The van der Waals surface area contributed by atoms with Crippen LogP contribution in [0.25, 0.3) is 0 Å². The Kier molecular flexibility index (Phi) is 4.89. The van der Waals surface area contributed by atoms with Gasteiger partial charge in [0.05, 0.1) is 12.1 Å². The zero-order valence-electron chi connectivity index (χ0n) is 12.9. The van der Waals surface area contributed by atoms with Gasteiger partial charge in [-0.3, -0.25) is 4.79 Å². The molecule has 2 aliphatic rings. The van der Waals surface area contributed by atoms with Crippen LogP contribution in [0.15, 0.2) is 18.2 Å². The minimum atomic E-state index is 0.137. The summed E-state index contributed by atoms with van der Waals surface area (Å²) in [6, 6.07) is 6.86. The number of ether oxygens (including phenoxy) is 1. The Morgan fingerprint density at radius 3 is 2.73 bits per heavy atom. The van der Waals surface area contributed by atoms with E-state index in [-0.39, 0.29) is 5.91 Å². The molecule has 22 heavy (non-hydrogen) atoms. The summed E-state index contributed by atoms with van der Waals surface area (Å²) in [5.41, 5.74) is 0.990. The number of piperidine rings is 1. The van der Waals surface area contributed by atoms with Gasteiger partial charge >= 0.3 is 0 Å². The topological polar surface area (TPSA) is 50.4 Å². The van der Waals surface area contributed by atoms with Gasteiger partial charge in [0.15, 0.2) is 0 Å². The Hall–Kier alpha value is -1.26. The maximum Gasteiger partial charge on any atom is 0.220 e. The number of methoxy groups -OCH3 is 1. The highest BCUT2D eigenvalue weighted by Crippen LogP contribution is 2.32. The lowest BCUT2D eigenvalue weighted by Gasteiger charge is -2.28. The van der Waals surface area contributed by atoms with Crippen molar-refractivity contribution in [2.45, 2.75) is 50.7 Å². The van der Waals surface area contributed by atoms with Gasteiger partial charge in [-0.2, -0.15) is 0 Å². The summed E-state index contributed by atoms with van der Waals surface area (Å²) in [5.74, 6) is 1.32. The fourth-order valence-corrected chi connectivity index (χ4v) is 3.98. The van der Waals surface area contributed by atoms with Gasteiger partial charge in [0.25, 0.3) is 0 Å².